The van der Waals surface area contributed by atoms with Gasteiger partial charge in [0.25, 0.3) is 0 Å². The first-order valence-electron chi connectivity index (χ1n) is 7.25. The molecule has 0 N–H and O–H groups in total. The molecule has 0 aromatic heterocycles. The second-order valence-electron chi connectivity index (χ2n) is 5.30. The van der Waals surface area contributed by atoms with Gasteiger partial charge in [-0.2, -0.15) is 0 Å². The molecule has 0 heterocycles. The predicted octanol–water partition coefficient (Wildman–Crippen LogP) is 5.83. The molecule has 0 radical (unpaired) electrons. The van der Waals surface area contributed by atoms with Gasteiger partial charge < -0.3 is 4.52 Å². The molecule has 1 atom stereocenters. The van der Waals surface area contributed by atoms with Crippen LogP contribution in [0.15, 0.2) is 78.9 Å². The molecule has 4 aromatic rings. The molecule has 4 rings (SSSR count). The molecule has 0 saturated carbocycles. The van der Waals surface area contributed by atoms with Gasteiger partial charge in [-0.25, -0.2) is 0 Å². The van der Waals surface area contributed by atoms with Crippen LogP contribution in [-0.4, -0.2) is 0 Å². The molecule has 0 saturated heterocycles. The van der Waals surface area contributed by atoms with E-state index in [2.05, 4.69) is 82.3 Å². The molecule has 0 fully saturated rings. The monoisotopic (exact) mass is 302 g/mol. The Labute approximate surface area is 131 Å². The van der Waals surface area contributed by atoms with Crippen molar-refractivity contribution in [2.24, 2.45) is 0 Å². The number of hydrogen-bond donors (Lipinski definition) is 0. The lowest BCUT2D eigenvalue weighted by Crippen LogP contribution is -1.87. The Morgan fingerprint density at radius 3 is 2.00 bits per heavy atom. The van der Waals surface area contributed by atoms with E-state index in [1.54, 1.807) is 0 Å². The maximum Gasteiger partial charge on any atom is 0.130 e. The van der Waals surface area contributed by atoms with E-state index in [0.29, 0.717) is 0 Å². The summed E-state index contributed by atoms with van der Waals surface area (Å²) in [6.45, 7) is 0. The van der Waals surface area contributed by atoms with Crippen LogP contribution in [0, 0.1) is 0 Å². The van der Waals surface area contributed by atoms with E-state index in [0.717, 1.165) is 11.3 Å². The summed E-state index contributed by atoms with van der Waals surface area (Å²) >= 11 is 0. The Kier molecular flexibility index (Phi) is 3.29. The average molecular weight is 302 g/mol. The molecule has 4 aromatic carbocycles. The smallest absolute Gasteiger partial charge is 0.130 e. The van der Waals surface area contributed by atoms with Gasteiger partial charge >= 0.3 is 0 Å². The van der Waals surface area contributed by atoms with Crippen molar-refractivity contribution < 1.29 is 4.52 Å². The van der Waals surface area contributed by atoms with Crippen molar-refractivity contribution in [2.75, 3.05) is 0 Å². The molecule has 2 heteroatoms. The van der Waals surface area contributed by atoms with E-state index < -0.39 is 0 Å². The Morgan fingerprint density at radius 2 is 1.23 bits per heavy atom. The second-order valence-corrected chi connectivity index (χ2v) is 5.54. The minimum atomic E-state index is 0.875. The highest BCUT2D eigenvalue weighted by atomic mass is 31.0. The zero-order chi connectivity index (χ0) is 14.9. The first-order valence-corrected chi connectivity index (χ1v) is 7.72. The quantitative estimate of drug-likeness (QED) is 0.423. The van der Waals surface area contributed by atoms with E-state index in [-0.39, 0.29) is 0 Å². The maximum atomic E-state index is 5.57. The zero-order valence-electron chi connectivity index (χ0n) is 12.0. The lowest BCUT2D eigenvalue weighted by molar-refractivity contribution is 0.650. The SMILES string of the molecule is POc1ccc2ccccc2c1-c1cccc2ccccc12. The fourth-order valence-corrected chi connectivity index (χ4v) is 3.27. The van der Waals surface area contributed by atoms with Crippen molar-refractivity contribution in [1.29, 1.82) is 0 Å². The lowest BCUT2D eigenvalue weighted by atomic mass is 9.93. The first kappa shape index (κ1) is 13.3. The average Bonchev–Trinajstić information content (AvgIpc) is 2.60. The van der Waals surface area contributed by atoms with Crippen LogP contribution in [0.3, 0.4) is 0 Å². The number of hydrogen-bond acceptors (Lipinski definition) is 1. The highest BCUT2D eigenvalue weighted by Crippen LogP contribution is 2.40. The van der Waals surface area contributed by atoms with Gasteiger partial charge in [0.1, 0.15) is 5.75 Å². The highest BCUT2D eigenvalue weighted by molar-refractivity contribution is 7.10. The van der Waals surface area contributed by atoms with Crippen LogP contribution in [0.1, 0.15) is 0 Å². The standard InChI is InChI=1S/C20H15OP/c22-21-19-13-12-15-7-2-4-10-17(15)20(19)18-11-5-8-14-6-1-3-9-16(14)18/h1-13H,22H2. The van der Waals surface area contributed by atoms with Crippen molar-refractivity contribution >= 4 is 31.0 Å². The van der Waals surface area contributed by atoms with Crippen LogP contribution in [0.25, 0.3) is 32.7 Å². The van der Waals surface area contributed by atoms with E-state index >= 15 is 0 Å². The van der Waals surface area contributed by atoms with Gasteiger partial charge in [0.2, 0.25) is 0 Å². The summed E-state index contributed by atoms with van der Waals surface area (Å²) in [6.07, 6.45) is 0. The van der Waals surface area contributed by atoms with Crippen LogP contribution < -0.4 is 4.52 Å². The largest absolute Gasteiger partial charge is 0.480 e. The van der Waals surface area contributed by atoms with Gasteiger partial charge in [-0.1, -0.05) is 72.8 Å². The summed E-state index contributed by atoms with van der Waals surface area (Å²) in [5.74, 6) is 0.875. The van der Waals surface area contributed by atoms with Crippen LogP contribution in [0.5, 0.6) is 5.75 Å². The van der Waals surface area contributed by atoms with Crippen LogP contribution in [-0.2, 0) is 0 Å². The van der Waals surface area contributed by atoms with E-state index in [4.69, 9.17) is 4.52 Å². The lowest BCUT2D eigenvalue weighted by Gasteiger charge is -2.14. The third-order valence-electron chi connectivity index (χ3n) is 4.08. The van der Waals surface area contributed by atoms with Gasteiger partial charge in [-0.05, 0) is 33.2 Å². The molecule has 1 unspecified atom stereocenters. The van der Waals surface area contributed by atoms with Gasteiger partial charge in [-0.3, -0.25) is 0 Å². The molecule has 0 aliphatic heterocycles. The minimum absolute atomic E-state index is 0.875. The summed E-state index contributed by atoms with van der Waals surface area (Å²) in [4.78, 5) is 0. The fourth-order valence-electron chi connectivity index (χ4n) is 3.07. The number of fused-ring (bicyclic) bond motifs is 2. The number of benzene rings is 4. The zero-order valence-corrected chi connectivity index (χ0v) is 13.1. The van der Waals surface area contributed by atoms with Crippen LogP contribution in [0.4, 0.5) is 0 Å². The Hall–Kier alpha value is -2.37. The van der Waals surface area contributed by atoms with Gasteiger partial charge in [-0.15, -0.1) is 0 Å². The van der Waals surface area contributed by atoms with Crippen molar-refractivity contribution in [1.82, 2.24) is 0 Å². The third-order valence-corrected chi connectivity index (χ3v) is 4.33. The summed E-state index contributed by atoms with van der Waals surface area (Å²) in [7, 11) is 2.37. The van der Waals surface area contributed by atoms with Crippen LogP contribution >= 0.6 is 9.47 Å². The molecule has 0 spiro atoms. The topological polar surface area (TPSA) is 9.23 Å². The first-order chi connectivity index (χ1) is 10.9. The van der Waals surface area contributed by atoms with Gasteiger partial charge in [0.05, 0.1) is 9.47 Å². The summed E-state index contributed by atoms with van der Waals surface area (Å²) in [5.41, 5.74) is 2.34. The van der Waals surface area contributed by atoms with Crippen molar-refractivity contribution in [3.05, 3.63) is 78.9 Å². The molecule has 1 nitrogen and oxygen atoms in total. The molecule has 0 amide bonds. The molecule has 106 valence electrons. The van der Waals surface area contributed by atoms with Crippen LogP contribution in [0.2, 0.25) is 0 Å². The Morgan fingerprint density at radius 1 is 0.591 bits per heavy atom. The molecular formula is C20H15OP. The fraction of sp³-hybridized carbons (Fsp3) is 0. The molecule has 0 aliphatic carbocycles. The normalized spacial score (nSPS) is 11.0. The summed E-state index contributed by atoms with van der Waals surface area (Å²) < 4.78 is 5.57. The number of rotatable bonds is 2. The van der Waals surface area contributed by atoms with E-state index in [1.807, 2.05) is 6.07 Å². The Bertz CT molecular complexity index is 970. The van der Waals surface area contributed by atoms with Gasteiger partial charge in [0.15, 0.2) is 0 Å². The predicted molar refractivity (Wildman–Crippen MR) is 97.2 cm³/mol. The van der Waals surface area contributed by atoms with E-state index in [9.17, 15) is 0 Å². The highest BCUT2D eigenvalue weighted by Gasteiger charge is 2.12. The van der Waals surface area contributed by atoms with Crippen molar-refractivity contribution in [3.8, 4) is 16.9 Å². The maximum absolute atomic E-state index is 5.57. The molecule has 0 bridgehead atoms. The molecule has 0 aliphatic rings. The third kappa shape index (κ3) is 2.06. The molecular weight excluding hydrogens is 287 g/mol. The summed E-state index contributed by atoms with van der Waals surface area (Å²) in [6, 6.07) is 27.4. The second kappa shape index (κ2) is 5.44. The minimum Gasteiger partial charge on any atom is -0.480 e. The van der Waals surface area contributed by atoms with Gasteiger partial charge in [0, 0.05) is 5.56 Å². The Balaban J connectivity index is 2.16. The van der Waals surface area contributed by atoms with Crippen molar-refractivity contribution in [3.63, 3.8) is 0 Å². The van der Waals surface area contributed by atoms with E-state index in [1.165, 1.54) is 27.1 Å². The molecule has 22 heavy (non-hydrogen) atoms. The van der Waals surface area contributed by atoms with Crippen molar-refractivity contribution in [2.45, 2.75) is 0 Å². The summed E-state index contributed by atoms with van der Waals surface area (Å²) in [5, 5.41) is 4.90.